The highest BCUT2D eigenvalue weighted by Gasteiger charge is 2.14. The Hall–Kier alpha value is -2.53. The summed E-state index contributed by atoms with van der Waals surface area (Å²) in [6.07, 6.45) is 0.155. The van der Waals surface area contributed by atoms with Gasteiger partial charge in [0.2, 0.25) is 0 Å². The first-order valence-corrected chi connectivity index (χ1v) is 7.46. The van der Waals surface area contributed by atoms with E-state index in [0.717, 1.165) is 11.1 Å². The van der Waals surface area contributed by atoms with Crippen LogP contribution in [0.4, 0.5) is 4.79 Å². The molecule has 1 atom stereocenters. The molecule has 0 aromatic heterocycles. The number of halogens is 1. The molecule has 0 fully saturated rings. The van der Waals surface area contributed by atoms with Gasteiger partial charge < -0.3 is 20.5 Å². The molecule has 5 nitrogen and oxygen atoms in total. The van der Waals surface area contributed by atoms with E-state index in [9.17, 15) is 14.7 Å². The Morgan fingerprint density at radius 1 is 1.04 bits per heavy atom. The summed E-state index contributed by atoms with van der Waals surface area (Å²) in [6.45, 7) is 0.205. The van der Waals surface area contributed by atoms with E-state index < -0.39 is 18.0 Å². The number of aliphatic carboxylic acids is 1. The van der Waals surface area contributed by atoms with Crippen molar-refractivity contribution in [3.63, 3.8) is 0 Å². The van der Waals surface area contributed by atoms with E-state index >= 15 is 0 Å². The summed E-state index contributed by atoms with van der Waals surface area (Å²) in [6, 6.07) is 14.4. The maximum absolute atomic E-state index is 11.9. The van der Waals surface area contributed by atoms with E-state index in [1.165, 1.54) is 0 Å². The number of nitrogens with one attached hydrogen (secondary N) is 2. The average Bonchev–Trinajstić information content (AvgIpc) is 2.54. The first-order valence-electron chi connectivity index (χ1n) is 7.09. The third kappa shape index (κ3) is 5.30. The number of urea groups is 1. The number of carbonyl (C=O) groups excluding carboxylic acids is 2. The highest BCUT2D eigenvalue weighted by molar-refractivity contribution is 6.31. The van der Waals surface area contributed by atoms with Crippen LogP contribution in [0.15, 0.2) is 54.6 Å². The van der Waals surface area contributed by atoms with Gasteiger partial charge in [0.15, 0.2) is 0 Å². The van der Waals surface area contributed by atoms with Crippen LogP contribution in [-0.4, -0.2) is 18.0 Å². The fourth-order valence-electron chi connectivity index (χ4n) is 2.07. The van der Waals surface area contributed by atoms with E-state index in [2.05, 4.69) is 10.6 Å². The lowest BCUT2D eigenvalue weighted by Crippen LogP contribution is -2.51. The molecule has 2 aromatic rings. The second-order valence-corrected chi connectivity index (χ2v) is 5.39. The third-order valence-corrected chi connectivity index (χ3v) is 3.64. The molecule has 120 valence electrons. The zero-order chi connectivity index (χ0) is 16.7. The molecule has 0 spiro atoms. The van der Waals surface area contributed by atoms with Crippen molar-refractivity contribution in [3.05, 3.63) is 70.7 Å². The summed E-state index contributed by atoms with van der Waals surface area (Å²) in [4.78, 5) is 23.1. The Kier molecular flexibility index (Phi) is 6.00. The zero-order valence-corrected chi connectivity index (χ0v) is 13.0. The van der Waals surface area contributed by atoms with Crippen molar-refractivity contribution in [1.29, 1.82) is 0 Å². The largest absolute Gasteiger partial charge is 0.548 e. The quantitative estimate of drug-likeness (QED) is 0.841. The number of carboxylic acid groups (broad SMARTS) is 1. The Morgan fingerprint density at radius 3 is 2.35 bits per heavy atom. The van der Waals surface area contributed by atoms with Crippen LogP contribution in [0, 0.1) is 0 Å². The molecule has 0 saturated heterocycles. The molecule has 0 heterocycles. The van der Waals surface area contributed by atoms with Gasteiger partial charge in [-0.15, -0.1) is 0 Å². The molecule has 0 radical (unpaired) electrons. The van der Waals surface area contributed by atoms with Gasteiger partial charge in [-0.1, -0.05) is 60.1 Å². The van der Waals surface area contributed by atoms with Crippen molar-refractivity contribution in [3.8, 4) is 0 Å². The summed E-state index contributed by atoms with van der Waals surface area (Å²) in [5.74, 6) is -1.33. The van der Waals surface area contributed by atoms with Crippen molar-refractivity contribution < 1.29 is 14.7 Å². The zero-order valence-electron chi connectivity index (χ0n) is 12.3. The molecule has 2 amide bonds. The molecular formula is C17H16ClN2O3-. The fraction of sp³-hybridized carbons (Fsp3) is 0.176. The topological polar surface area (TPSA) is 81.3 Å². The van der Waals surface area contributed by atoms with Crippen LogP contribution >= 0.6 is 11.6 Å². The summed E-state index contributed by atoms with van der Waals surface area (Å²) >= 11 is 6.00. The summed E-state index contributed by atoms with van der Waals surface area (Å²) in [7, 11) is 0. The molecule has 23 heavy (non-hydrogen) atoms. The molecule has 2 aromatic carbocycles. The van der Waals surface area contributed by atoms with Gasteiger partial charge in [-0.3, -0.25) is 0 Å². The monoisotopic (exact) mass is 331 g/mol. The van der Waals surface area contributed by atoms with Gasteiger partial charge in [0.05, 0.1) is 12.0 Å². The van der Waals surface area contributed by atoms with Crippen molar-refractivity contribution in [2.75, 3.05) is 0 Å². The second-order valence-electron chi connectivity index (χ2n) is 4.98. The maximum atomic E-state index is 11.9. The molecule has 2 N–H and O–H groups in total. The lowest BCUT2D eigenvalue weighted by atomic mass is 10.1. The average molecular weight is 332 g/mol. The standard InChI is InChI=1S/C17H17ClN2O3/c18-14-9-5-4-8-13(14)11-19-17(23)20-15(16(21)22)10-12-6-2-1-3-7-12/h1-9,15H,10-11H2,(H,21,22)(H2,19,20,23)/p-1/t15-/m0/s1. The third-order valence-electron chi connectivity index (χ3n) is 3.27. The SMILES string of the molecule is O=C(NCc1ccccc1Cl)N[C@@H](Cc1ccccc1)C(=O)[O-]. The van der Waals surface area contributed by atoms with Crippen LogP contribution in [0.2, 0.25) is 5.02 Å². The van der Waals surface area contributed by atoms with Gasteiger partial charge in [-0.2, -0.15) is 0 Å². The molecule has 6 heteroatoms. The Morgan fingerprint density at radius 2 is 1.70 bits per heavy atom. The predicted octanol–water partition coefficient (Wildman–Crippen LogP) is 1.50. The normalized spacial score (nSPS) is 11.5. The predicted molar refractivity (Wildman–Crippen MR) is 85.8 cm³/mol. The molecular weight excluding hydrogens is 316 g/mol. The first-order chi connectivity index (χ1) is 11.1. The van der Waals surface area contributed by atoms with Gasteiger partial charge in [-0.25, -0.2) is 4.79 Å². The van der Waals surface area contributed by atoms with Crippen LogP contribution in [0.25, 0.3) is 0 Å². The first kappa shape index (κ1) is 16.8. The highest BCUT2D eigenvalue weighted by Crippen LogP contribution is 2.14. The van der Waals surface area contributed by atoms with Crippen molar-refractivity contribution in [1.82, 2.24) is 10.6 Å². The molecule has 0 aliphatic carbocycles. The van der Waals surface area contributed by atoms with Crippen LogP contribution in [0.5, 0.6) is 0 Å². The number of benzene rings is 2. The molecule has 0 bridgehead atoms. The second kappa shape index (κ2) is 8.19. The van der Waals surface area contributed by atoms with Crippen LogP contribution in [0.1, 0.15) is 11.1 Å². The number of hydrogen-bond donors (Lipinski definition) is 2. The number of hydrogen-bond acceptors (Lipinski definition) is 3. The molecule has 0 saturated carbocycles. The highest BCUT2D eigenvalue weighted by atomic mass is 35.5. The number of carbonyl (C=O) groups is 2. The Bertz CT molecular complexity index is 677. The van der Waals surface area contributed by atoms with E-state index in [0.29, 0.717) is 5.02 Å². The number of rotatable bonds is 6. The molecule has 0 aliphatic heterocycles. The maximum Gasteiger partial charge on any atom is 0.315 e. The van der Waals surface area contributed by atoms with Crippen molar-refractivity contribution in [2.45, 2.75) is 19.0 Å². The smallest absolute Gasteiger partial charge is 0.315 e. The summed E-state index contributed by atoms with van der Waals surface area (Å²) < 4.78 is 0. The van der Waals surface area contributed by atoms with E-state index in [-0.39, 0.29) is 13.0 Å². The Labute approximate surface area is 139 Å². The Balaban J connectivity index is 1.91. The van der Waals surface area contributed by atoms with E-state index in [1.54, 1.807) is 48.5 Å². The van der Waals surface area contributed by atoms with Gasteiger partial charge >= 0.3 is 6.03 Å². The minimum Gasteiger partial charge on any atom is -0.548 e. The lowest BCUT2D eigenvalue weighted by Gasteiger charge is -2.20. The van der Waals surface area contributed by atoms with Gasteiger partial charge in [0, 0.05) is 11.6 Å². The minimum absolute atomic E-state index is 0.155. The molecule has 0 aliphatic rings. The summed E-state index contributed by atoms with van der Waals surface area (Å²) in [5, 5.41) is 16.7. The minimum atomic E-state index is -1.33. The fourth-order valence-corrected chi connectivity index (χ4v) is 2.27. The summed E-state index contributed by atoms with van der Waals surface area (Å²) in [5.41, 5.74) is 1.55. The van der Waals surface area contributed by atoms with Gasteiger partial charge in [0.1, 0.15) is 0 Å². The van der Waals surface area contributed by atoms with E-state index in [4.69, 9.17) is 11.6 Å². The van der Waals surface area contributed by atoms with Gasteiger partial charge in [-0.05, 0) is 23.6 Å². The van der Waals surface area contributed by atoms with Crippen molar-refractivity contribution >= 4 is 23.6 Å². The van der Waals surface area contributed by atoms with E-state index in [1.807, 2.05) is 6.07 Å². The number of amides is 2. The lowest BCUT2D eigenvalue weighted by molar-refractivity contribution is -0.308. The van der Waals surface area contributed by atoms with Crippen LogP contribution < -0.4 is 15.7 Å². The van der Waals surface area contributed by atoms with Crippen LogP contribution in [0.3, 0.4) is 0 Å². The molecule has 0 unspecified atom stereocenters. The van der Waals surface area contributed by atoms with Crippen LogP contribution in [-0.2, 0) is 17.8 Å². The molecule has 2 rings (SSSR count). The number of carboxylic acids is 1. The van der Waals surface area contributed by atoms with Gasteiger partial charge in [0.25, 0.3) is 0 Å². The van der Waals surface area contributed by atoms with Crippen molar-refractivity contribution in [2.24, 2.45) is 0 Å².